The van der Waals surface area contributed by atoms with E-state index >= 15 is 0 Å². The number of aldehydes is 1. The van der Waals surface area contributed by atoms with Crippen LogP contribution in [0.15, 0.2) is 151 Å². The Balaban J connectivity index is 0.000000171. The van der Waals surface area contributed by atoms with Gasteiger partial charge in [-0.05, 0) is 181 Å². The van der Waals surface area contributed by atoms with Crippen molar-refractivity contribution in [1.29, 1.82) is 0 Å². The number of esters is 1. The Kier molecular flexibility index (Phi) is 26.7. The van der Waals surface area contributed by atoms with Gasteiger partial charge in [-0.3, -0.25) is 44.9 Å². The van der Waals surface area contributed by atoms with Crippen LogP contribution in [0.5, 0.6) is 69.0 Å². The van der Waals surface area contributed by atoms with Crippen LogP contribution in [-0.4, -0.2) is 121 Å². The molecule has 35 heteroatoms. The molecular formula is C93H82ClN6O28-. The number of carboxylic acid groups (broad SMARTS) is 1. The van der Waals surface area contributed by atoms with Crippen molar-refractivity contribution < 1.29 is 115 Å². The smallest absolute Gasteiger partial charge is 0.414 e. The molecule has 34 nitrogen and oxygen atoms in total. The van der Waals surface area contributed by atoms with E-state index in [-0.39, 0.29) is 111 Å². The Hall–Kier alpha value is -15.4. The first-order valence-corrected chi connectivity index (χ1v) is 40.5. The summed E-state index contributed by atoms with van der Waals surface area (Å²) in [6, 6.07) is 40.6. The van der Waals surface area contributed by atoms with Crippen molar-refractivity contribution in [3.8, 4) is 69.0 Å². The molecule has 1 spiro atoms. The summed E-state index contributed by atoms with van der Waals surface area (Å²) in [5, 5.41) is 51.7. The summed E-state index contributed by atoms with van der Waals surface area (Å²) >= 11 is 5.00. The number of benzene rings is 10. The normalized spacial score (nSPS) is 13.9. The Morgan fingerprint density at radius 3 is 1.41 bits per heavy atom. The van der Waals surface area contributed by atoms with Crippen molar-refractivity contribution in [3.05, 3.63) is 280 Å². The standard InChI is InChI=1S/C46H40N4O15.C28H24O3.C10H10ClNO6.C9H9NO4/c1-58-39-17-27(35(49(54)55)21-41(39)60-3)23-62-44(52)47-13-7-9-25-15-31-37(19-33(25)47)64-38-20-34-26(16-32(38)46(31)30-12-6-5-11-29(30)43(51)65-46)10-8-14-48(34)45(53)63-24-28-18-40(59-2)42(61-4)22-36(28)50(56)57;29-28(30)22-12-6-5-11-21(22)27-23-13-17-7-1-3-9-19(17)15-25(23)31-26-16-20-10-4-2-8-18(20)14-24(26)27;1-16-8-3-6(5-18-10(11)13)7(12(14)15)4-9(8)17-2;1-13-8-3-6(5-11)7(10-12)4-9(8)14-2/h5-6,11-12,15-22H,7-10,13-14,23-24H2,1-4H3;5-6,9,11-16H,1-4,7-8,10H2,(H,29,30);3-4H,5H2,1-2H3;3-5H,1-2H3/p-1. The number of hydrogen-bond acceptors (Lipinski definition) is 29. The summed E-state index contributed by atoms with van der Waals surface area (Å²) in [6.45, 7) is -0.689. The van der Waals surface area contributed by atoms with Gasteiger partial charge in [0.25, 0.3) is 17.1 Å². The number of methoxy groups -OCH3 is 8. The summed E-state index contributed by atoms with van der Waals surface area (Å²) in [5.74, 6) is 2.48. The van der Waals surface area contributed by atoms with Gasteiger partial charge >= 0.3 is 23.6 Å². The molecule has 0 saturated carbocycles. The number of nitro groups is 3. The zero-order valence-corrected chi connectivity index (χ0v) is 71.1. The highest BCUT2D eigenvalue weighted by Gasteiger charge is 2.55. The number of carbonyl (C=O) groups excluding carboxylic acids is 6. The molecule has 5 heterocycles. The minimum atomic E-state index is -1.48. The molecule has 2 aliphatic carbocycles. The third-order valence-electron chi connectivity index (χ3n) is 22.8. The van der Waals surface area contributed by atoms with E-state index in [9.17, 15) is 69.1 Å². The Morgan fingerprint density at radius 2 is 0.922 bits per heavy atom. The second-order valence-electron chi connectivity index (χ2n) is 29.9. The zero-order chi connectivity index (χ0) is 90.9. The minimum absolute atomic E-state index is 0.0395. The highest BCUT2D eigenvalue weighted by molar-refractivity contribution is 6.61. The first-order valence-electron chi connectivity index (χ1n) is 40.2. The van der Waals surface area contributed by atoms with Gasteiger partial charge in [-0.1, -0.05) is 48.5 Å². The summed E-state index contributed by atoms with van der Waals surface area (Å²) in [6.07, 6.45) is 11.3. The Bertz CT molecular complexity index is 6140. The number of ether oxygens (including phenoxy) is 14. The molecule has 10 aromatic rings. The van der Waals surface area contributed by atoms with Crippen LogP contribution < -0.4 is 72.7 Å². The molecule has 5 aliphatic heterocycles. The molecule has 7 aliphatic rings. The van der Waals surface area contributed by atoms with E-state index in [1.54, 1.807) is 36.4 Å². The van der Waals surface area contributed by atoms with Crippen LogP contribution >= 0.6 is 11.6 Å². The predicted molar refractivity (Wildman–Crippen MR) is 460 cm³/mol. The molecule has 0 radical (unpaired) electrons. The summed E-state index contributed by atoms with van der Waals surface area (Å²) in [7, 11) is 11.1. The van der Waals surface area contributed by atoms with Gasteiger partial charge in [0.2, 0.25) is 0 Å². The summed E-state index contributed by atoms with van der Waals surface area (Å²) in [5.41, 5.74) is 8.45. The molecule has 0 unspecified atom stereocenters. The third-order valence-corrected chi connectivity index (χ3v) is 22.9. The summed E-state index contributed by atoms with van der Waals surface area (Å²) in [4.78, 5) is 121. The number of carboxylic acids is 1. The van der Waals surface area contributed by atoms with Crippen LogP contribution in [0.4, 0.5) is 48.5 Å². The second-order valence-corrected chi connectivity index (χ2v) is 30.2. The lowest BCUT2D eigenvalue weighted by molar-refractivity contribution is -0.386. The fourth-order valence-corrected chi connectivity index (χ4v) is 16.8. The van der Waals surface area contributed by atoms with Crippen molar-refractivity contribution in [3.63, 3.8) is 0 Å². The summed E-state index contributed by atoms with van der Waals surface area (Å²) < 4.78 is 76.5. The number of anilines is 2. The van der Waals surface area contributed by atoms with Crippen LogP contribution in [0.1, 0.15) is 142 Å². The average Bonchev–Trinajstić information content (AvgIpc) is 1.48. The molecule has 128 heavy (non-hydrogen) atoms. The van der Waals surface area contributed by atoms with Crippen LogP contribution in [0.3, 0.4) is 0 Å². The van der Waals surface area contributed by atoms with Crippen molar-refractivity contribution in [2.75, 3.05) is 79.8 Å². The molecule has 0 bridgehead atoms. The van der Waals surface area contributed by atoms with Crippen LogP contribution in [0.25, 0.3) is 11.6 Å². The van der Waals surface area contributed by atoms with E-state index in [0.29, 0.717) is 88.4 Å². The fourth-order valence-electron chi connectivity index (χ4n) is 16.8. The highest BCUT2D eigenvalue weighted by atomic mass is 35.5. The highest BCUT2D eigenvalue weighted by Crippen LogP contribution is 2.59. The fraction of sp³-hybridized carbons (Fsp3) is 0.269. The van der Waals surface area contributed by atoms with E-state index in [0.717, 1.165) is 71.1 Å². The Labute approximate surface area is 734 Å². The monoisotopic (exact) mass is 1770 g/mol. The molecule has 0 atom stereocenters. The van der Waals surface area contributed by atoms with E-state index < -0.39 is 63.1 Å². The topological polar surface area (TPSA) is 420 Å². The minimum Gasteiger partial charge on any atom is -0.545 e. The van der Waals surface area contributed by atoms with Gasteiger partial charge in [0.15, 0.2) is 57.9 Å². The first-order chi connectivity index (χ1) is 61.8. The van der Waals surface area contributed by atoms with Crippen LogP contribution in [0.2, 0.25) is 0 Å². The molecule has 0 aromatic heterocycles. The van der Waals surface area contributed by atoms with Gasteiger partial charge in [-0.15, -0.1) is 4.91 Å². The van der Waals surface area contributed by atoms with Gasteiger partial charge in [-0.2, -0.15) is 0 Å². The molecule has 660 valence electrons. The number of aryl methyl sites for hydroxylation is 5. The van der Waals surface area contributed by atoms with E-state index in [2.05, 4.69) is 40.3 Å². The maximum Gasteiger partial charge on any atom is 0.414 e. The average molecular weight is 1770 g/mol. The van der Waals surface area contributed by atoms with Crippen LogP contribution in [-0.2, 0) is 76.5 Å². The maximum atomic E-state index is 13.9. The third kappa shape index (κ3) is 17.6. The molecule has 17 rings (SSSR count). The largest absolute Gasteiger partial charge is 0.545 e. The number of nitrogens with zero attached hydrogens (tertiary/aromatic N) is 6. The molecule has 0 N–H and O–H groups in total. The molecular weight excluding hydrogens is 1680 g/mol. The van der Waals surface area contributed by atoms with Gasteiger partial charge in [0.05, 0.1) is 129 Å². The number of fused-ring (bicyclic) bond motifs is 12. The number of aromatic carboxylic acids is 1. The molecule has 0 fully saturated rings. The zero-order valence-electron chi connectivity index (χ0n) is 70.3. The predicted octanol–water partition coefficient (Wildman–Crippen LogP) is 16.1. The van der Waals surface area contributed by atoms with Crippen molar-refractivity contribution in [1.82, 2.24) is 0 Å². The van der Waals surface area contributed by atoms with Crippen LogP contribution in [0, 0.1) is 35.3 Å². The van der Waals surface area contributed by atoms with E-state index in [1.165, 1.54) is 150 Å². The molecule has 0 saturated heterocycles. The van der Waals surface area contributed by atoms with Crippen molar-refractivity contribution in [2.45, 2.75) is 96.1 Å². The van der Waals surface area contributed by atoms with Gasteiger partial charge in [-0.25, -0.2) is 19.2 Å². The van der Waals surface area contributed by atoms with E-state index in [4.69, 9.17) is 73.2 Å². The number of nitro benzene ring substituents is 3. The van der Waals surface area contributed by atoms with Gasteiger partial charge in [0.1, 0.15) is 48.5 Å². The van der Waals surface area contributed by atoms with E-state index in [1.807, 2.05) is 36.4 Å². The van der Waals surface area contributed by atoms with Crippen molar-refractivity contribution >= 4 is 93.2 Å². The second kappa shape index (κ2) is 38.4. The number of amides is 2. The first kappa shape index (κ1) is 88.9. The van der Waals surface area contributed by atoms with Gasteiger partial charge in [0, 0.05) is 87.1 Å². The molecule has 10 aromatic carbocycles. The van der Waals surface area contributed by atoms with Crippen molar-refractivity contribution in [2.24, 2.45) is 5.18 Å². The van der Waals surface area contributed by atoms with Gasteiger partial charge < -0.3 is 76.2 Å². The SMILES string of the molecule is COc1cc(C=O)c(N=O)cc1OC.COc1cc(COC(=O)Cl)c([N+](=O)[O-])cc1OC.COc1cc(COC(=O)N2CCCc3cc4c(cc32)Oc2cc3c(cc2C42OC(=O)c4ccccc42)CCCN3C(=O)OCc2cc(OC)c(OC)cc2[N+](=O)[O-])c([N+](=O)[O-])cc1OC.O=C([O-])c1ccccc1C1=c2cc3c(cc2Oc2cc4c(cc21)CCCC4)=CCCC3. The molecule has 2 amide bonds. The quantitative estimate of drug-likeness (QED) is 0.0123. The lowest BCUT2D eigenvalue weighted by Gasteiger charge is -2.40. The number of rotatable bonds is 21. The maximum absolute atomic E-state index is 13.9. The number of hydrogen-bond donors (Lipinski definition) is 0. The lowest BCUT2D eigenvalue weighted by atomic mass is 9.75. The number of carbonyl (C=O) groups is 6. The Morgan fingerprint density at radius 1 is 0.477 bits per heavy atom. The lowest BCUT2D eigenvalue weighted by Crippen LogP contribution is -2.38. The number of halogens is 1. The number of nitroso groups, excluding NO2 is 1.